The van der Waals surface area contributed by atoms with Crippen LogP contribution in [0, 0.1) is 0 Å². The summed E-state index contributed by atoms with van der Waals surface area (Å²) in [7, 11) is -7.49. The number of benzene rings is 2. The molecule has 0 saturated heterocycles. The molecule has 0 saturated carbocycles. The summed E-state index contributed by atoms with van der Waals surface area (Å²) in [5, 5.41) is 3.39. The molecule has 34 heavy (non-hydrogen) atoms. The van der Waals surface area contributed by atoms with Crippen molar-refractivity contribution in [2.24, 2.45) is 0 Å². The highest BCUT2D eigenvalue weighted by Gasteiger charge is 2.21. The summed E-state index contributed by atoms with van der Waals surface area (Å²) in [6.45, 7) is 2.86. The summed E-state index contributed by atoms with van der Waals surface area (Å²) in [6.07, 6.45) is 1.37. The molecule has 10 nitrogen and oxygen atoms in total. The second-order valence-electron chi connectivity index (χ2n) is 6.90. The number of hydrogen-bond acceptors (Lipinski definition) is 7. The van der Waals surface area contributed by atoms with Gasteiger partial charge in [0.15, 0.2) is 6.61 Å². The molecule has 0 spiro atoms. The van der Waals surface area contributed by atoms with Crippen LogP contribution in [0.1, 0.15) is 19.4 Å². The van der Waals surface area contributed by atoms with Gasteiger partial charge in [0.05, 0.1) is 4.90 Å². The average molecular weight is 510 g/mol. The van der Waals surface area contributed by atoms with Crippen LogP contribution in [-0.2, 0) is 34.4 Å². The second-order valence-corrected chi connectivity index (χ2v) is 10.5. The van der Waals surface area contributed by atoms with Crippen molar-refractivity contribution in [2.75, 3.05) is 31.6 Å². The maximum atomic E-state index is 12.5. The number of anilines is 1. The van der Waals surface area contributed by atoms with Gasteiger partial charge in [-0.25, -0.2) is 21.6 Å². The van der Waals surface area contributed by atoms with Crippen molar-refractivity contribution in [1.82, 2.24) is 9.03 Å². The zero-order valence-electron chi connectivity index (χ0n) is 18.8. The molecule has 2 N–H and O–H groups in total. The van der Waals surface area contributed by atoms with Gasteiger partial charge in [0.2, 0.25) is 20.0 Å². The Balaban J connectivity index is 1.81. The molecular weight excluding hydrogens is 482 g/mol. The summed E-state index contributed by atoms with van der Waals surface area (Å²) in [4.78, 5) is 23.9. The van der Waals surface area contributed by atoms with E-state index in [1.807, 2.05) is 0 Å². The lowest BCUT2D eigenvalue weighted by Gasteiger charge is -2.18. The monoisotopic (exact) mass is 509 g/mol. The zero-order chi connectivity index (χ0) is 25.2. The summed E-state index contributed by atoms with van der Waals surface area (Å²) < 4.78 is 57.0. The Morgan fingerprint density at radius 3 is 2.15 bits per heavy atom. The van der Waals surface area contributed by atoms with E-state index in [2.05, 4.69) is 10.0 Å². The summed E-state index contributed by atoms with van der Waals surface area (Å²) >= 11 is 0. The molecule has 0 radical (unpaired) electrons. The molecule has 2 aromatic rings. The minimum Gasteiger partial charge on any atom is -0.455 e. The van der Waals surface area contributed by atoms with E-state index in [1.54, 1.807) is 44.2 Å². The van der Waals surface area contributed by atoms with Crippen LogP contribution < -0.4 is 10.0 Å². The number of amides is 1. The molecule has 1 amide bonds. The Hall–Kier alpha value is -3.06. The van der Waals surface area contributed by atoms with Gasteiger partial charge in [-0.3, -0.25) is 9.59 Å². The molecule has 0 atom stereocenters. The smallest absolute Gasteiger partial charge is 0.321 e. The molecule has 0 heterocycles. The first-order chi connectivity index (χ1) is 16.1. The molecule has 0 fully saturated rings. The predicted molar refractivity (Wildman–Crippen MR) is 129 cm³/mol. The molecule has 0 aliphatic heterocycles. The van der Waals surface area contributed by atoms with Crippen molar-refractivity contribution < 1.29 is 31.2 Å². The lowest BCUT2D eigenvalue weighted by molar-refractivity contribution is -0.146. The van der Waals surface area contributed by atoms with Crippen LogP contribution in [0.4, 0.5) is 5.69 Å². The molecular formula is C22H27N3O7S2. The van der Waals surface area contributed by atoms with E-state index >= 15 is 0 Å². The lowest BCUT2D eigenvalue weighted by atomic mass is 10.2. The third-order valence-corrected chi connectivity index (χ3v) is 7.61. The Labute approximate surface area is 199 Å². The number of ether oxygens (including phenoxy) is 1. The Kier molecular flexibility index (Phi) is 9.93. The Morgan fingerprint density at radius 2 is 1.56 bits per heavy atom. The maximum absolute atomic E-state index is 12.5. The van der Waals surface area contributed by atoms with Crippen LogP contribution in [0.3, 0.4) is 0 Å². The fourth-order valence-corrected chi connectivity index (χ4v) is 4.97. The van der Waals surface area contributed by atoms with Crippen molar-refractivity contribution in [1.29, 1.82) is 0 Å². The van der Waals surface area contributed by atoms with Gasteiger partial charge in [0, 0.05) is 24.2 Å². The molecule has 0 aliphatic carbocycles. The van der Waals surface area contributed by atoms with Gasteiger partial charge in [-0.1, -0.05) is 44.2 Å². The summed E-state index contributed by atoms with van der Waals surface area (Å²) in [5.74, 6) is -1.60. The molecule has 12 heteroatoms. The quantitative estimate of drug-likeness (QED) is 0.416. The van der Waals surface area contributed by atoms with Crippen molar-refractivity contribution in [2.45, 2.75) is 18.7 Å². The highest BCUT2D eigenvalue weighted by molar-refractivity contribution is 7.92. The summed E-state index contributed by atoms with van der Waals surface area (Å²) in [5.41, 5.74) is 0.983. The van der Waals surface area contributed by atoms with Crippen LogP contribution in [-0.4, -0.2) is 59.3 Å². The van der Waals surface area contributed by atoms with Crippen LogP contribution in [0.25, 0.3) is 6.08 Å². The fourth-order valence-electron chi connectivity index (χ4n) is 2.76. The first kappa shape index (κ1) is 27.2. The van der Waals surface area contributed by atoms with Crippen LogP contribution in [0.2, 0.25) is 0 Å². The van der Waals surface area contributed by atoms with Gasteiger partial charge >= 0.3 is 5.97 Å². The van der Waals surface area contributed by atoms with Gasteiger partial charge in [-0.15, -0.1) is 0 Å². The largest absolute Gasteiger partial charge is 0.455 e. The van der Waals surface area contributed by atoms with E-state index in [9.17, 15) is 26.4 Å². The summed E-state index contributed by atoms with van der Waals surface area (Å²) in [6, 6.07) is 14.3. The van der Waals surface area contributed by atoms with Crippen molar-refractivity contribution in [3.63, 3.8) is 0 Å². The zero-order valence-corrected chi connectivity index (χ0v) is 20.4. The highest BCUT2D eigenvalue weighted by atomic mass is 32.2. The van der Waals surface area contributed by atoms with E-state index in [0.29, 0.717) is 24.3 Å². The number of carbonyl (C=O) groups is 2. The molecule has 0 aromatic heterocycles. The third-order valence-electron chi connectivity index (χ3n) is 4.50. The molecule has 0 bridgehead atoms. The second kappa shape index (κ2) is 12.4. The van der Waals surface area contributed by atoms with Crippen LogP contribution in [0.15, 0.2) is 64.9 Å². The molecule has 2 rings (SSSR count). The Morgan fingerprint density at radius 1 is 0.941 bits per heavy atom. The minimum absolute atomic E-state index is 0.0919. The van der Waals surface area contributed by atoms with Gasteiger partial charge in [0.25, 0.3) is 5.91 Å². The fraction of sp³-hybridized carbons (Fsp3) is 0.273. The number of carbonyl (C=O) groups excluding carboxylic acids is 2. The SMILES string of the molecule is CCN(CC)S(=O)(=O)c1ccc(NC(=O)COC(=O)CNS(=O)(=O)C=Cc2ccccc2)cc1. The number of hydrogen-bond donors (Lipinski definition) is 2. The van der Waals surface area contributed by atoms with E-state index in [-0.39, 0.29) is 4.90 Å². The maximum Gasteiger partial charge on any atom is 0.321 e. The topological polar surface area (TPSA) is 139 Å². The first-order valence-electron chi connectivity index (χ1n) is 10.4. The Bertz CT molecular complexity index is 1210. The average Bonchev–Trinajstić information content (AvgIpc) is 2.82. The molecule has 2 aromatic carbocycles. The lowest BCUT2D eigenvalue weighted by Crippen LogP contribution is -2.31. The highest BCUT2D eigenvalue weighted by Crippen LogP contribution is 2.18. The van der Waals surface area contributed by atoms with Gasteiger partial charge < -0.3 is 10.1 Å². The number of nitrogens with zero attached hydrogens (tertiary/aromatic N) is 1. The van der Waals surface area contributed by atoms with Gasteiger partial charge in [-0.2, -0.15) is 4.31 Å². The normalized spacial score (nSPS) is 12.1. The first-order valence-corrected chi connectivity index (χ1v) is 13.3. The number of nitrogens with one attached hydrogen (secondary N) is 2. The van der Waals surface area contributed by atoms with E-state index in [4.69, 9.17) is 4.74 Å². The molecule has 0 aliphatic rings. The van der Waals surface area contributed by atoms with Crippen molar-refractivity contribution in [3.05, 3.63) is 65.6 Å². The van der Waals surface area contributed by atoms with E-state index in [1.165, 1.54) is 34.6 Å². The van der Waals surface area contributed by atoms with Crippen molar-refractivity contribution in [3.8, 4) is 0 Å². The minimum atomic E-state index is -3.87. The predicted octanol–water partition coefficient (Wildman–Crippen LogP) is 1.79. The molecule has 0 unspecified atom stereocenters. The van der Waals surface area contributed by atoms with Gasteiger partial charge in [0.1, 0.15) is 6.54 Å². The third kappa shape index (κ3) is 8.37. The molecule has 184 valence electrons. The van der Waals surface area contributed by atoms with Crippen molar-refractivity contribution >= 4 is 43.7 Å². The number of esters is 1. The van der Waals surface area contributed by atoms with E-state index in [0.717, 1.165) is 5.41 Å². The van der Waals surface area contributed by atoms with E-state index < -0.39 is 45.1 Å². The van der Waals surface area contributed by atoms with Crippen LogP contribution in [0.5, 0.6) is 0 Å². The number of rotatable bonds is 12. The number of sulfonamides is 2. The van der Waals surface area contributed by atoms with Crippen LogP contribution >= 0.6 is 0 Å². The standard InChI is InChI=1S/C22H27N3O7S2/c1-3-25(4-2)34(30,31)20-12-10-19(11-13-20)24-21(26)17-32-22(27)16-23-33(28,29)15-14-18-8-6-5-7-9-18/h5-15,23H,3-4,16-17H2,1-2H3,(H,24,26). The van der Waals surface area contributed by atoms with Gasteiger partial charge in [-0.05, 0) is 35.9 Å².